The van der Waals surface area contributed by atoms with Gasteiger partial charge in [0.25, 0.3) is 5.91 Å². The maximum absolute atomic E-state index is 14.7. The van der Waals surface area contributed by atoms with E-state index in [-0.39, 0.29) is 17.1 Å². The van der Waals surface area contributed by atoms with E-state index in [9.17, 15) is 9.18 Å². The summed E-state index contributed by atoms with van der Waals surface area (Å²) in [6, 6.07) is 4.62. The topological polar surface area (TPSA) is 47.6 Å². The summed E-state index contributed by atoms with van der Waals surface area (Å²) in [7, 11) is -0.822. The maximum Gasteiger partial charge on any atom is 0.497 e. The Kier molecular flexibility index (Phi) is 4.37. The molecule has 4 nitrogen and oxygen atoms in total. The third-order valence-electron chi connectivity index (χ3n) is 4.20. The van der Waals surface area contributed by atoms with E-state index in [0.717, 1.165) is 0 Å². The lowest BCUT2D eigenvalue weighted by Gasteiger charge is -2.32. The quantitative estimate of drug-likeness (QED) is 0.872. The van der Waals surface area contributed by atoms with Crippen LogP contribution < -0.4 is 10.8 Å². The Morgan fingerprint density at radius 1 is 1.18 bits per heavy atom. The van der Waals surface area contributed by atoms with Gasteiger partial charge in [0.2, 0.25) is 0 Å². The molecule has 1 aromatic carbocycles. The Hall–Kier alpha value is -1.40. The lowest BCUT2D eigenvalue weighted by molar-refractivity contribution is 0.00578. The molecule has 22 heavy (non-hydrogen) atoms. The number of halogens is 1. The van der Waals surface area contributed by atoms with Gasteiger partial charge < -0.3 is 14.6 Å². The molecule has 0 bridgehead atoms. The standard InChI is InChI=1S/C16H23BFNO3/c1-10(2)19-14(20)11-8-7-9-12(13(11)18)17-21-15(3,4)16(5,6)22-17/h7-10H,1-6H3,(H,19,20). The van der Waals surface area contributed by atoms with Crippen LogP contribution in [0.5, 0.6) is 0 Å². The van der Waals surface area contributed by atoms with Gasteiger partial charge in [0.15, 0.2) is 0 Å². The number of hydrogen-bond acceptors (Lipinski definition) is 3. The van der Waals surface area contributed by atoms with E-state index in [0.29, 0.717) is 0 Å². The summed E-state index contributed by atoms with van der Waals surface area (Å²) in [6.07, 6.45) is 0. The molecule has 0 aromatic heterocycles. The zero-order chi connectivity index (χ0) is 16.7. The van der Waals surface area contributed by atoms with Gasteiger partial charge in [0.05, 0.1) is 16.8 Å². The first-order valence-electron chi connectivity index (χ1n) is 7.50. The molecule has 1 saturated heterocycles. The maximum atomic E-state index is 14.7. The van der Waals surface area contributed by atoms with Crippen molar-refractivity contribution in [1.29, 1.82) is 0 Å². The summed E-state index contributed by atoms with van der Waals surface area (Å²) >= 11 is 0. The highest BCUT2D eigenvalue weighted by atomic mass is 19.1. The lowest BCUT2D eigenvalue weighted by Crippen LogP contribution is -2.41. The molecule has 120 valence electrons. The second-order valence-electron chi connectivity index (χ2n) is 6.93. The van der Waals surface area contributed by atoms with Gasteiger partial charge in [-0.05, 0) is 47.6 Å². The van der Waals surface area contributed by atoms with Crippen LogP contribution in [-0.4, -0.2) is 30.3 Å². The third kappa shape index (κ3) is 3.03. The van der Waals surface area contributed by atoms with Crippen LogP contribution in [0.2, 0.25) is 0 Å². The molecule has 1 fully saturated rings. The Morgan fingerprint density at radius 2 is 1.73 bits per heavy atom. The van der Waals surface area contributed by atoms with Crippen LogP contribution in [0.15, 0.2) is 18.2 Å². The zero-order valence-corrected chi connectivity index (χ0v) is 14.0. The normalized spacial score (nSPS) is 19.5. The molecule has 2 rings (SSSR count). The fourth-order valence-electron chi connectivity index (χ4n) is 2.22. The van der Waals surface area contributed by atoms with Crippen molar-refractivity contribution < 1.29 is 18.5 Å². The van der Waals surface area contributed by atoms with Gasteiger partial charge in [0.1, 0.15) is 5.82 Å². The molecule has 1 aliphatic rings. The summed E-state index contributed by atoms with van der Waals surface area (Å²) in [6.45, 7) is 11.3. The van der Waals surface area contributed by atoms with Gasteiger partial charge in [-0.3, -0.25) is 4.79 Å². The molecule has 0 saturated carbocycles. The zero-order valence-electron chi connectivity index (χ0n) is 14.0. The van der Waals surface area contributed by atoms with Gasteiger partial charge in [-0.25, -0.2) is 4.39 Å². The number of amides is 1. The van der Waals surface area contributed by atoms with Crippen molar-refractivity contribution in [1.82, 2.24) is 5.32 Å². The number of rotatable bonds is 3. The molecule has 1 aromatic rings. The van der Waals surface area contributed by atoms with Gasteiger partial charge >= 0.3 is 7.12 Å². The molecular formula is C16H23BFNO3. The smallest absolute Gasteiger partial charge is 0.399 e. The van der Waals surface area contributed by atoms with E-state index in [4.69, 9.17) is 9.31 Å². The first kappa shape index (κ1) is 17.0. The molecule has 0 aliphatic carbocycles. The van der Waals surface area contributed by atoms with Crippen molar-refractivity contribution in [2.75, 3.05) is 0 Å². The molecule has 6 heteroatoms. The van der Waals surface area contributed by atoms with E-state index in [1.54, 1.807) is 12.1 Å². The Balaban J connectivity index is 2.33. The molecule has 1 amide bonds. The summed E-state index contributed by atoms with van der Waals surface area (Å²) in [5.41, 5.74) is -0.864. The van der Waals surface area contributed by atoms with Gasteiger partial charge in [0, 0.05) is 11.5 Å². The average molecular weight is 307 g/mol. The lowest BCUT2D eigenvalue weighted by atomic mass is 9.77. The van der Waals surface area contributed by atoms with Gasteiger partial charge in [-0.1, -0.05) is 12.1 Å². The number of carbonyl (C=O) groups is 1. The van der Waals surface area contributed by atoms with Gasteiger partial charge in [-0.2, -0.15) is 0 Å². The van der Waals surface area contributed by atoms with E-state index in [1.807, 2.05) is 41.5 Å². The monoisotopic (exact) mass is 307 g/mol. The van der Waals surface area contributed by atoms with Gasteiger partial charge in [-0.15, -0.1) is 0 Å². The first-order valence-corrected chi connectivity index (χ1v) is 7.50. The number of benzene rings is 1. The predicted molar refractivity (Wildman–Crippen MR) is 84.7 cm³/mol. The SMILES string of the molecule is CC(C)NC(=O)c1cccc(B2OC(C)(C)C(C)(C)O2)c1F. The Morgan fingerprint density at radius 3 is 2.23 bits per heavy atom. The van der Waals surface area contributed by atoms with Crippen molar-refractivity contribution in [2.45, 2.75) is 58.8 Å². The van der Waals surface area contributed by atoms with Crippen LogP contribution in [0.1, 0.15) is 51.9 Å². The van der Waals surface area contributed by atoms with E-state index < -0.39 is 30.0 Å². The highest BCUT2D eigenvalue weighted by Crippen LogP contribution is 2.36. The minimum Gasteiger partial charge on any atom is -0.399 e. The Labute approximate surface area is 131 Å². The molecular weight excluding hydrogens is 284 g/mol. The van der Waals surface area contributed by atoms with Crippen LogP contribution in [0.25, 0.3) is 0 Å². The molecule has 0 radical (unpaired) electrons. The van der Waals surface area contributed by atoms with Crippen molar-refractivity contribution >= 4 is 18.5 Å². The molecule has 1 N–H and O–H groups in total. The first-order chi connectivity index (χ1) is 10.0. The van der Waals surface area contributed by atoms with Crippen molar-refractivity contribution in [3.8, 4) is 0 Å². The molecule has 0 unspecified atom stereocenters. The summed E-state index contributed by atoms with van der Waals surface area (Å²) in [5.74, 6) is -1.04. The number of hydrogen-bond donors (Lipinski definition) is 1. The van der Waals surface area contributed by atoms with Crippen LogP contribution in [0.3, 0.4) is 0 Å². The molecule has 1 aliphatic heterocycles. The second-order valence-corrected chi connectivity index (χ2v) is 6.93. The molecule has 1 heterocycles. The number of carbonyl (C=O) groups excluding carboxylic acids is 1. The Bertz CT molecular complexity index is 571. The van der Waals surface area contributed by atoms with Crippen LogP contribution in [-0.2, 0) is 9.31 Å². The molecule has 0 atom stereocenters. The minimum atomic E-state index is -0.822. The predicted octanol–water partition coefficient (Wildman–Crippen LogP) is 2.26. The van der Waals surface area contributed by atoms with E-state index in [1.165, 1.54) is 6.07 Å². The summed E-state index contributed by atoms with van der Waals surface area (Å²) in [5, 5.41) is 2.69. The average Bonchev–Trinajstić information content (AvgIpc) is 2.57. The van der Waals surface area contributed by atoms with Crippen molar-refractivity contribution in [2.24, 2.45) is 0 Å². The summed E-state index contributed by atoms with van der Waals surface area (Å²) < 4.78 is 26.4. The fourth-order valence-corrected chi connectivity index (χ4v) is 2.22. The second kappa shape index (κ2) is 5.67. The van der Waals surface area contributed by atoms with Crippen LogP contribution >= 0.6 is 0 Å². The van der Waals surface area contributed by atoms with E-state index >= 15 is 0 Å². The van der Waals surface area contributed by atoms with Crippen molar-refractivity contribution in [3.63, 3.8) is 0 Å². The molecule has 0 spiro atoms. The van der Waals surface area contributed by atoms with Crippen LogP contribution in [0.4, 0.5) is 4.39 Å². The number of nitrogens with one attached hydrogen (secondary N) is 1. The summed E-state index contributed by atoms with van der Waals surface area (Å²) in [4.78, 5) is 12.1. The van der Waals surface area contributed by atoms with Crippen molar-refractivity contribution in [3.05, 3.63) is 29.6 Å². The fraction of sp³-hybridized carbons (Fsp3) is 0.562. The largest absolute Gasteiger partial charge is 0.497 e. The highest BCUT2D eigenvalue weighted by molar-refractivity contribution is 6.62. The van der Waals surface area contributed by atoms with Crippen LogP contribution in [0, 0.1) is 5.82 Å². The highest BCUT2D eigenvalue weighted by Gasteiger charge is 2.52. The van der Waals surface area contributed by atoms with E-state index in [2.05, 4.69) is 5.32 Å². The minimum absolute atomic E-state index is 0.000845. The third-order valence-corrected chi connectivity index (χ3v) is 4.20.